The van der Waals surface area contributed by atoms with Crippen LogP contribution in [0.4, 0.5) is 0 Å². The minimum atomic E-state index is 0.501. The third kappa shape index (κ3) is 3.87. The van der Waals surface area contributed by atoms with Crippen LogP contribution in [0.1, 0.15) is 11.3 Å². The standard InChI is InChI=1S/C15H15BrClNO2/c1-19-14-9-11(10-16)8-13(17)15(14)20-7-5-12-4-2-3-6-18-12/h2-4,6,8-9H,5,7,10H2,1H3. The Morgan fingerprint density at radius 2 is 2.15 bits per heavy atom. The maximum Gasteiger partial charge on any atom is 0.179 e. The smallest absolute Gasteiger partial charge is 0.179 e. The Bertz CT molecular complexity index is 563. The van der Waals surface area contributed by atoms with Crippen molar-refractivity contribution in [2.75, 3.05) is 13.7 Å². The van der Waals surface area contributed by atoms with Gasteiger partial charge in [-0.3, -0.25) is 4.98 Å². The van der Waals surface area contributed by atoms with E-state index in [9.17, 15) is 0 Å². The van der Waals surface area contributed by atoms with Gasteiger partial charge in [-0.1, -0.05) is 33.6 Å². The number of alkyl halides is 1. The first-order valence-corrected chi connectivity index (χ1v) is 7.69. The summed E-state index contributed by atoms with van der Waals surface area (Å²) in [6, 6.07) is 9.60. The third-order valence-corrected chi connectivity index (χ3v) is 3.70. The van der Waals surface area contributed by atoms with Crippen LogP contribution in [0, 0.1) is 0 Å². The average Bonchev–Trinajstić information content (AvgIpc) is 2.49. The molecule has 2 rings (SSSR count). The highest BCUT2D eigenvalue weighted by molar-refractivity contribution is 9.08. The van der Waals surface area contributed by atoms with Gasteiger partial charge in [0, 0.05) is 23.6 Å². The number of hydrogen-bond acceptors (Lipinski definition) is 3. The normalized spacial score (nSPS) is 10.3. The van der Waals surface area contributed by atoms with Gasteiger partial charge in [0.05, 0.1) is 18.7 Å². The highest BCUT2D eigenvalue weighted by atomic mass is 79.9. The van der Waals surface area contributed by atoms with E-state index >= 15 is 0 Å². The summed E-state index contributed by atoms with van der Waals surface area (Å²) in [5.74, 6) is 1.22. The predicted octanol–water partition coefficient (Wildman–Crippen LogP) is 4.26. The van der Waals surface area contributed by atoms with Crippen LogP contribution in [-0.2, 0) is 11.8 Å². The van der Waals surface area contributed by atoms with Crippen molar-refractivity contribution >= 4 is 27.5 Å². The number of ether oxygens (including phenoxy) is 2. The molecular formula is C15H15BrClNO2. The minimum absolute atomic E-state index is 0.501. The van der Waals surface area contributed by atoms with Crippen LogP contribution in [0.5, 0.6) is 11.5 Å². The summed E-state index contributed by atoms with van der Waals surface area (Å²) in [6.45, 7) is 0.501. The highest BCUT2D eigenvalue weighted by Crippen LogP contribution is 2.36. The molecule has 0 saturated carbocycles. The number of nitrogens with zero attached hydrogens (tertiary/aromatic N) is 1. The largest absolute Gasteiger partial charge is 0.493 e. The second kappa shape index (κ2) is 7.50. The maximum atomic E-state index is 6.23. The second-order valence-corrected chi connectivity index (χ2v) is 5.13. The fourth-order valence-electron chi connectivity index (χ4n) is 1.79. The lowest BCUT2D eigenvalue weighted by atomic mass is 10.2. The molecule has 0 atom stereocenters. The van der Waals surface area contributed by atoms with E-state index in [1.165, 1.54) is 0 Å². The number of methoxy groups -OCH3 is 1. The molecule has 20 heavy (non-hydrogen) atoms. The Morgan fingerprint density at radius 1 is 1.30 bits per heavy atom. The Morgan fingerprint density at radius 3 is 2.80 bits per heavy atom. The molecule has 0 bridgehead atoms. The molecule has 0 N–H and O–H groups in total. The van der Waals surface area contributed by atoms with Gasteiger partial charge in [-0.15, -0.1) is 0 Å². The molecule has 106 valence electrons. The molecule has 0 aliphatic rings. The van der Waals surface area contributed by atoms with Gasteiger partial charge in [-0.2, -0.15) is 0 Å². The summed E-state index contributed by atoms with van der Waals surface area (Å²) in [4.78, 5) is 4.25. The topological polar surface area (TPSA) is 31.4 Å². The molecule has 0 radical (unpaired) electrons. The molecule has 0 unspecified atom stereocenters. The van der Waals surface area contributed by atoms with Crippen LogP contribution >= 0.6 is 27.5 Å². The summed E-state index contributed by atoms with van der Waals surface area (Å²) in [5, 5.41) is 1.27. The van der Waals surface area contributed by atoms with E-state index in [4.69, 9.17) is 21.1 Å². The van der Waals surface area contributed by atoms with E-state index in [1.54, 1.807) is 13.3 Å². The zero-order valence-corrected chi connectivity index (χ0v) is 13.4. The van der Waals surface area contributed by atoms with Gasteiger partial charge in [-0.05, 0) is 29.8 Å². The first kappa shape index (κ1) is 15.1. The first-order chi connectivity index (χ1) is 9.74. The molecule has 0 amide bonds. The zero-order chi connectivity index (χ0) is 14.4. The van der Waals surface area contributed by atoms with Gasteiger partial charge in [-0.25, -0.2) is 0 Å². The summed E-state index contributed by atoms with van der Waals surface area (Å²) in [7, 11) is 1.61. The highest BCUT2D eigenvalue weighted by Gasteiger charge is 2.11. The number of rotatable bonds is 6. The molecule has 0 aliphatic carbocycles. The summed E-state index contributed by atoms with van der Waals surface area (Å²) in [6.07, 6.45) is 2.49. The van der Waals surface area contributed by atoms with Crippen molar-refractivity contribution < 1.29 is 9.47 Å². The van der Waals surface area contributed by atoms with Gasteiger partial charge >= 0.3 is 0 Å². The van der Waals surface area contributed by atoms with Crippen LogP contribution in [0.2, 0.25) is 5.02 Å². The zero-order valence-electron chi connectivity index (χ0n) is 11.1. The van der Waals surface area contributed by atoms with Crippen LogP contribution < -0.4 is 9.47 Å². The molecule has 0 spiro atoms. The van der Waals surface area contributed by atoms with Crippen molar-refractivity contribution in [3.05, 3.63) is 52.8 Å². The number of pyridine rings is 1. The van der Waals surface area contributed by atoms with Crippen molar-refractivity contribution in [3.8, 4) is 11.5 Å². The second-order valence-electron chi connectivity index (χ2n) is 4.16. The molecular weight excluding hydrogens is 342 g/mol. The minimum Gasteiger partial charge on any atom is -0.493 e. The Hall–Kier alpha value is -1.26. The van der Waals surface area contributed by atoms with E-state index in [0.717, 1.165) is 23.0 Å². The van der Waals surface area contributed by atoms with Crippen molar-refractivity contribution in [2.24, 2.45) is 0 Å². The molecule has 1 heterocycles. The van der Waals surface area contributed by atoms with E-state index in [2.05, 4.69) is 20.9 Å². The van der Waals surface area contributed by atoms with Crippen molar-refractivity contribution in [1.29, 1.82) is 0 Å². The Labute approximate surface area is 132 Å². The average molecular weight is 357 g/mol. The van der Waals surface area contributed by atoms with Gasteiger partial charge in [0.1, 0.15) is 0 Å². The first-order valence-electron chi connectivity index (χ1n) is 6.19. The van der Waals surface area contributed by atoms with Gasteiger partial charge in [0.15, 0.2) is 11.5 Å². The maximum absolute atomic E-state index is 6.23. The van der Waals surface area contributed by atoms with Crippen LogP contribution in [0.15, 0.2) is 36.5 Å². The van der Waals surface area contributed by atoms with Gasteiger partial charge in [0.2, 0.25) is 0 Å². The fraction of sp³-hybridized carbons (Fsp3) is 0.267. The molecule has 0 fully saturated rings. The Kier molecular flexibility index (Phi) is 5.68. The third-order valence-electron chi connectivity index (χ3n) is 2.77. The summed E-state index contributed by atoms with van der Waals surface area (Å²) < 4.78 is 11.1. The number of aromatic nitrogens is 1. The number of halogens is 2. The van der Waals surface area contributed by atoms with Crippen molar-refractivity contribution in [3.63, 3.8) is 0 Å². The van der Waals surface area contributed by atoms with Crippen LogP contribution in [-0.4, -0.2) is 18.7 Å². The SMILES string of the molecule is COc1cc(CBr)cc(Cl)c1OCCc1ccccn1. The van der Waals surface area contributed by atoms with Crippen molar-refractivity contribution in [2.45, 2.75) is 11.8 Å². The molecule has 0 saturated heterocycles. The lowest BCUT2D eigenvalue weighted by Crippen LogP contribution is -2.04. The van der Waals surface area contributed by atoms with Crippen LogP contribution in [0.25, 0.3) is 0 Å². The number of benzene rings is 1. The van der Waals surface area contributed by atoms with Gasteiger partial charge < -0.3 is 9.47 Å². The van der Waals surface area contributed by atoms with E-state index in [1.807, 2.05) is 30.3 Å². The summed E-state index contributed by atoms with van der Waals surface area (Å²) in [5.41, 5.74) is 2.03. The van der Waals surface area contributed by atoms with E-state index < -0.39 is 0 Å². The van der Waals surface area contributed by atoms with E-state index in [0.29, 0.717) is 23.1 Å². The van der Waals surface area contributed by atoms with E-state index in [-0.39, 0.29) is 0 Å². The quantitative estimate of drug-likeness (QED) is 0.725. The lowest BCUT2D eigenvalue weighted by molar-refractivity contribution is 0.296. The van der Waals surface area contributed by atoms with Crippen LogP contribution in [0.3, 0.4) is 0 Å². The monoisotopic (exact) mass is 355 g/mol. The van der Waals surface area contributed by atoms with Crippen molar-refractivity contribution in [1.82, 2.24) is 4.98 Å². The van der Waals surface area contributed by atoms with Gasteiger partial charge in [0.25, 0.3) is 0 Å². The molecule has 0 aliphatic heterocycles. The lowest BCUT2D eigenvalue weighted by Gasteiger charge is -2.13. The molecule has 3 nitrogen and oxygen atoms in total. The number of hydrogen-bond donors (Lipinski definition) is 0. The summed E-state index contributed by atoms with van der Waals surface area (Å²) >= 11 is 9.63. The predicted molar refractivity (Wildman–Crippen MR) is 84.1 cm³/mol. The fourth-order valence-corrected chi connectivity index (χ4v) is 2.41. The molecule has 1 aromatic heterocycles. The molecule has 5 heteroatoms. The molecule has 1 aromatic carbocycles. The molecule has 2 aromatic rings. The Balaban J connectivity index is 2.05.